The molecule has 1 heterocycles. The Hall–Kier alpha value is -2.44. The molecule has 11 heteroatoms. The van der Waals surface area contributed by atoms with Gasteiger partial charge in [-0.3, -0.25) is 4.55 Å². The Kier molecular flexibility index (Phi) is 7.97. The number of aromatic nitrogens is 1. The summed E-state index contributed by atoms with van der Waals surface area (Å²) in [4.78, 5) is 15.1. The summed E-state index contributed by atoms with van der Waals surface area (Å²) in [5, 5.41) is 19.4. The minimum absolute atomic E-state index is 0.00301. The number of carbonyl (C=O) groups is 1. The van der Waals surface area contributed by atoms with E-state index in [9.17, 15) is 28.0 Å². The van der Waals surface area contributed by atoms with Crippen LogP contribution in [0.5, 0.6) is 5.75 Å². The lowest BCUT2D eigenvalue weighted by Crippen LogP contribution is -2.20. The Morgan fingerprint density at radius 3 is 2.26 bits per heavy atom. The van der Waals surface area contributed by atoms with Crippen LogP contribution in [-0.4, -0.2) is 59.3 Å². The van der Waals surface area contributed by atoms with Crippen molar-refractivity contribution in [2.24, 2.45) is 7.05 Å². The Morgan fingerprint density at radius 1 is 1.20 bits per heavy atom. The van der Waals surface area contributed by atoms with E-state index >= 15 is 0 Å². The number of benzene rings is 2. The average Bonchev–Trinajstić information content (AvgIpc) is 3.03. The molecule has 0 bridgehead atoms. The summed E-state index contributed by atoms with van der Waals surface area (Å²) in [6.45, 7) is 3.50. The summed E-state index contributed by atoms with van der Waals surface area (Å²) in [7, 11) is 0.405. The highest BCUT2D eigenvalue weighted by molar-refractivity contribution is 9.10. The summed E-state index contributed by atoms with van der Waals surface area (Å²) in [6, 6.07) is 7.69. The summed E-state index contributed by atoms with van der Waals surface area (Å²) in [6.07, 6.45) is -0.769. The molecule has 0 aliphatic heterocycles. The lowest BCUT2D eigenvalue weighted by atomic mass is 9.99. The van der Waals surface area contributed by atoms with Gasteiger partial charge in [-0.25, -0.2) is 4.79 Å². The summed E-state index contributed by atoms with van der Waals surface area (Å²) in [5.41, 5.74) is 1.59. The van der Waals surface area contributed by atoms with Crippen molar-refractivity contribution in [3.8, 4) is 5.75 Å². The van der Waals surface area contributed by atoms with Gasteiger partial charge in [-0.2, -0.15) is 8.42 Å². The van der Waals surface area contributed by atoms with Gasteiger partial charge in [0, 0.05) is 24.5 Å². The number of hydrogen-bond acceptors (Lipinski definition) is 7. The molecule has 3 N–H and O–H groups in total. The van der Waals surface area contributed by atoms with Gasteiger partial charge < -0.3 is 24.4 Å². The van der Waals surface area contributed by atoms with E-state index < -0.39 is 27.4 Å². The number of aliphatic hydroxyl groups is 1. The second-order valence-electron chi connectivity index (χ2n) is 8.59. The van der Waals surface area contributed by atoms with Gasteiger partial charge >= 0.3 is 5.97 Å². The molecule has 0 spiro atoms. The Morgan fingerprint density at radius 2 is 1.77 bits per heavy atom. The molecule has 1 aromatic heterocycles. The summed E-state index contributed by atoms with van der Waals surface area (Å²) >= 11 is 3.35. The fourth-order valence-electron chi connectivity index (χ4n) is 4.25. The number of aromatic hydroxyl groups is 1. The van der Waals surface area contributed by atoms with E-state index in [1.165, 1.54) is 16.7 Å². The van der Waals surface area contributed by atoms with E-state index in [1.807, 2.05) is 0 Å². The molecule has 35 heavy (non-hydrogen) atoms. The quantitative estimate of drug-likeness (QED) is 0.275. The SMILES string of the molecule is CCOC(=O)c1c(C(c2ccc(C(C)O)cc2)S(=O)(=O)O)n(C)c2cc(Br)c(O)c(CN(C)C)c12. The molecule has 190 valence electrons. The minimum Gasteiger partial charge on any atom is -0.506 e. The van der Waals surface area contributed by atoms with Crippen LogP contribution in [0.15, 0.2) is 34.8 Å². The van der Waals surface area contributed by atoms with Crippen LogP contribution in [0, 0.1) is 0 Å². The molecule has 0 fully saturated rings. The van der Waals surface area contributed by atoms with Crippen molar-refractivity contribution in [2.45, 2.75) is 31.7 Å². The van der Waals surface area contributed by atoms with Crippen LogP contribution in [0.2, 0.25) is 0 Å². The van der Waals surface area contributed by atoms with Crippen LogP contribution in [0.4, 0.5) is 0 Å². The Labute approximate surface area is 212 Å². The molecule has 2 aromatic carbocycles. The molecule has 0 aliphatic carbocycles. The number of halogens is 1. The lowest BCUT2D eigenvalue weighted by molar-refractivity contribution is 0.0527. The molecule has 3 aromatic rings. The average molecular weight is 569 g/mol. The molecule has 0 amide bonds. The van der Waals surface area contributed by atoms with E-state index in [2.05, 4.69) is 15.9 Å². The number of aryl methyl sites for hydroxylation is 1. The van der Waals surface area contributed by atoms with Gasteiger partial charge in [0.1, 0.15) is 5.75 Å². The number of esters is 1. The zero-order valence-electron chi connectivity index (χ0n) is 20.1. The highest BCUT2D eigenvalue weighted by Gasteiger charge is 2.37. The standard InChI is InChI=1S/C24H29BrN2O7S/c1-6-34-24(30)20-19-16(12-26(3)4)22(29)17(25)11-18(19)27(5)21(20)23(35(31,32)33)15-9-7-14(8-10-15)13(2)28/h7-11,13,23,28-29H,6,12H2,1-5H3,(H,31,32,33). The van der Waals surface area contributed by atoms with Crippen LogP contribution in [0.1, 0.15) is 57.9 Å². The van der Waals surface area contributed by atoms with Gasteiger partial charge in [0.25, 0.3) is 10.1 Å². The first kappa shape index (κ1) is 27.2. The number of phenolic OH excluding ortho intramolecular Hbond substituents is 1. The fourth-order valence-corrected chi connectivity index (χ4v) is 5.77. The number of fused-ring (bicyclic) bond motifs is 1. The van der Waals surface area contributed by atoms with Gasteiger partial charge in [-0.05, 0) is 61.1 Å². The zero-order valence-corrected chi connectivity index (χ0v) is 22.5. The third kappa shape index (κ3) is 5.24. The maximum Gasteiger partial charge on any atom is 0.340 e. The predicted molar refractivity (Wildman–Crippen MR) is 136 cm³/mol. The second kappa shape index (κ2) is 10.3. The molecule has 0 saturated heterocycles. The van der Waals surface area contributed by atoms with E-state index in [1.54, 1.807) is 58.1 Å². The van der Waals surface area contributed by atoms with E-state index in [0.29, 0.717) is 26.5 Å². The maximum atomic E-state index is 13.3. The van der Waals surface area contributed by atoms with Crippen LogP contribution < -0.4 is 0 Å². The Bertz CT molecular complexity index is 1360. The van der Waals surface area contributed by atoms with E-state index in [-0.39, 0.29) is 35.7 Å². The van der Waals surface area contributed by atoms with Crippen molar-refractivity contribution >= 4 is 42.9 Å². The van der Waals surface area contributed by atoms with Gasteiger partial charge in [0.15, 0.2) is 5.25 Å². The Balaban J connectivity index is 2.49. The molecule has 9 nitrogen and oxygen atoms in total. The minimum atomic E-state index is -4.78. The van der Waals surface area contributed by atoms with Gasteiger partial charge in [-0.15, -0.1) is 0 Å². The highest BCUT2D eigenvalue weighted by atomic mass is 79.9. The molecule has 3 rings (SSSR count). The van der Waals surface area contributed by atoms with Crippen molar-refractivity contribution in [1.82, 2.24) is 9.47 Å². The third-order valence-electron chi connectivity index (χ3n) is 5.78. The highest BCUT2D eigenvalue weighted by Crippen LogP contribution is 2.43. The van der Waals surface area contributed by atoms with Crippen molar-refractivity contribution in [3.63, 3.8) is 0 Å². The number of hydrogen-bond donors (Lipinski definition) is 3. The molecular formula is C24H29BrN2O7S. The summed E-state index contributed by atoms with van der Waals surface area (Å²) in [5.74, 6) is -0.859. The van der Waals surface area contributed by atoms with Crippen molar-refractivity contribution in [3.05, 3.63) is 62.8 Å². The van der Waals surface area contributed by atoms with Crippen LogP contribution >= 0.6 is 15.9 Å². The smallest absolute Gasteiger partial charge is 0.340 e. The molecule has 0 saturated carbocycles. The lowest BCUT2D eigenvalue weighted by Gasteiger charge is -2.18. The largest absolute Gasteiger partial charge is 0.506 e. The number of rotatable bonds is 8. The first-order valence-corrected chi connectivity index (χ1v) is 13.2. The second-order valence-corrected chi connectivity index (χ2v) is 11.0. The number of nitrogens with zero attached hydrogens (tertiary/aromatic N) is 2. The zero-order chi connectivity index (χ0) is 26.2. The maximum absolute atomic E-state index is 13.3. The number of phenols is 1. The van der Waals surface area contributed by atoms with Crippen LogP contribution in [0.3, 0.4) is 0 Å². The van der Waals surface area contributed by atoms with E-state index in [0.717, 1.165) is 0 Å². The molecule has 0 aliphatic rings. The van der Waals surface area contributed by atoms with Gasteiger partial charge in [0.05, 0.1) is 34.0 Å². The molecule has 2 unspecified atom stereocenters. The monoisotopic (exact) mass is 568 g/mol. The van der Waals surface area contributed by atoms with Gasteiger partial charge in [0.2, 0.25) is 0 Å². The molecular weight excluding hydrogens is 540 g/mol. The topological polar surface area (TPSA) is 129 Å². The van der Waals surface area contributed by atoms with E-state index in [4.69, 9.17) is 4.74 Å². The summed E-state index contributed by atoms with van der Waals surface area (Å²) < 4.78 is 43.1. The van der Waals surface area contributed by atoms with Crippen LogP contribution in [-0.2, 0) is 28.4 Å². The van der Waals surface area contributed by atoms with Crippen molar-refractivity contribution in [1.29, 1.82) is 0 Å². The first-order valence-electron chi connectivity index (χ1n) is 10.9. The number of aliphatic hydroxyl groups excluding tert-OH is 1. The molecule has 0 radical (unpaired) electrons. The molecule has 2 atom stereocenters. The third-order valence-corrected chi connectivity index (χ3v) is 7.48. The van der Waals surface area contributed by atoms with Crippen molar-refractivity contribution < 1.29 is 32.7 Å². The first-order chi connectivity index (χ1) is 16.3. The van der Waals surface area contributed by atoms with Gasteiger partial charge in [-0.1, -0.05) is 24.3 Å². The van der Waals surface area contributed by atoms with Crippen molar-refractivity contribution in [2.75, 3.05) is 20.7 Å². The predicted octanol–water partition coefficient (Wildman–Crippen LogP) is 3.92. The number of carbonyl (C=O) groups excluding carboxylic acids is 1. The fraction of sp³-hybridized carbons (Fsp3) is 0.375. The number of ether oxygens (including phenoxy) is 1. The normalized spacial score (nSPS) is 13.9. The van der Waals surface area contributed by atoms with Crippen LogP contribution in [0.25, 0.3) is 10.9 Å².